The van der Waals surface area contributed by atoms with Crippen molar-refractivity contribution in [1.29, 1.82) is 0 Å². The number of nitrogens with zero attached hydrogens (tertiary/aromatic N) is 1. The number of aryl methyl sites for hydroxylation is 2. The first-order chi connectivity index (χ1) is 13.8. The molecule has 1 saturated carbocycles. The third kappa shape index (κ3) is 4.82. The molecule has 0 bridgehead atoms. The lowest BCUT2D eigenvalue weighted by atomic mass is 9.85. The SMILES string of the molecule is CCN(CC(=O)O)C1CC(NC(=O)c2ccc(-c3ccc(C)c(C)c3)cc2F)C1. The smallest absolute Gasteiger partial charge is 0.317 e. The zero-order valence-electron chi connectivity index (χ0n) is 17.0. The first kappa shape index (κ1) is 21.0. The molecule has 0 unspecified atom stereocenters. The van der Waals surface area contributed by atoms with Crippen LogP contribution in [0.3, 0.4) is 0 Å². The van der Waals surface area contributed by atoms with Crippen LogP contribution in [0.15, 0.2) is 36.4 Å². The molecule has 1 amide bonds. The first-order valence-electron chi connectivity index (χ1n) is 9.92. The fourth-order valence-electron chi connectivity index (χ4n) is 3.74. The van der Waals surface area contributed by atoms with Crippen LogP contribution in [0.2, 0.25) is 0 Å². The minimum atomic E-state index is -0.856. The monoisotopic (exact) mass is 398 g/mol. The molecule has 154 valence electrons. The van der Waals surface area contributed by atoms with Crippen molar-refractivity contribution >= 4 is 11.9 Å². The number of benzene rings is 2. The molecular formula is C23H27FN2O3. The number of carbonyl (C=O) groups is 2. The van der Waals surface area contributed by atoms with Crippen molar-refractivity contribution in [2.45, 2.75) is 45.7 Å². The van der Waals surface area contributed by atoms with Gasteiger partial charge in [0.2, 0.25) is 0 Å². The number of halogens is 1. The van der Waals surface area contributed by atoms with Gasteiger partial charge in [0.05, 0.1) is 12.1 Å². The van der Waals surface area contributed by atoms with Crippen LogP contribution in [0, 0.1) is 19.7 Å². The van der Waals surface area contributed by atoms with Gasteiger partial charge in [0.25, 0.3) is 5.91 Å². The molecule has 0 heterocycles. The second-order valence-electron chi connectivity index (χ2n) is 7.75. The van der Waals surface area contributed by atoms with Crippen LogP contribution < -0.4 is 5.32 Å². The minimum Gasteiger partial charge on any atom is -0.480 e. The van der Waals surface area contributed by atoms with Gasteiger partial charge in [0, 0.05) is 12.1 Å². The van der Waals surface area contributed by atoms with E-state index < -0.39 is 17.7 Å². The fraction of sp³-hybridized carbons (Fsp3) is 0.391. The van der Waals surface area contributed by atoms with E-state index in [9.17, 15) is 14.0 Å². The van der Waals surface area contributed by atoms with Crippen molar-refractivity contribution in [3.63, 3.8) is 0 Å². The van der Waals surface area contributed by atoms with E-state index in [1.807, 2.05) is 43.9 Å². The number of carboxylic acid groups (broad SMARTS) is 1. The molecule has 2 N–H and O–H groups in total. The highest BCUT2D eigenvalue weighted by molar-refractivity contribution is 5.95. The molecule has 1 fully saturated rings. The maximum Gasteiger partial charge on any atom is 0.317 e. The Morgan fingerprint density at radius 2 is 1.76 bits per heavy atom. The van der Waals surface area contributed by atoms with Crippen molar-refractivity contribution in [1.82, 2.24) is 10.2 Å². The predicted octanol–water partition coefficient (Wildman–Crippen LogP) is 3.78. The normalized spacial score (nSPS) is 18.4. The van der Waals surface area contributed by atoms with Gasteiger partial charge >= 0.3 is 5.97 Å². The molecule has 6 heteroatoms. The summed E-state index contributed by atoms with van der Waals surface area (Å²) >= 11 is 0. The highest BCUT2D eigenvalue weighted by Gasteiger charge is 2.35. The van der Waals surface area contributed by atoms with Crippen LogP contribution in [-0.4, -0.2) is 47.1 Å². The molecule has 0 radical (unpaired) electrons. The van der Waals surface area contributed by atoms with Crippen molar-refractivity contribution in [2.75, 3.05) is 13.1 Å². The molecule has 2 aromatic carbocycles. The van der Waals surface area contributed by atoms with E-state index in [0.29, 0.717) is 19.4 Å². The van der Waals surface area contributed by atoms with Crippen LogP contribution >= 0.6 is 0 Å². The maximum absolute atomic E-state index is 14.6. The lowest BCUT2D eigenvalue weighted by Crippen LogP contribution is -2.54. The highest BCUT2D eigenvalue weighted by atomic mass is 19.1. The van der Waals surface area contributed by atoms with Gasteiger partial charge in [0.15, 0.2) is 0 Å². The van der Waals surface area contributed by atoms with E-state index in [1.165, 1.54) is 17.7 Å². The molecule has 0 spiro atoms. The third-order valence-corrected chi connectivity index (χ3v) is 5.76. The number of carboxylic acids is 1. The van der Waals surface area contributed by atoms with E-state index in [4.69, 9.17) is 5.11 Å². The summed E-state index contributed by atoms with van der Waals surface area (Å²) in [7, 11) is 0. The largest absolute Gasteiger partial charge is 0.480 e. The third-order valence-electron chi connectivity index (χ3n) is 5.76. The summed E-state index contributed by atoms with van der Waals surface area (Å²) < 4.78 is 14.6. The fourth-order valence-corrected chi connectivity index (χ4v) is 3.74. The summed E-state index contributed by atoms with van der Waals surface area (Å²) in [5.41, 5.74) is 3.98. The zero-order valence-corrected chi connectivity index (χ0v) is 17.0. The van der Waals surface area contributed by atoms with Gasteiger partial charge in [-0.15, -0.1) is 0 Å². The van der Waals surface area contributed by atoms with Crippen LogP contribution in [-0.2, 0) is 4.79 Å². The number of hydrogen-bond acceptors (Lipinski definition) is 3. The van der Waals surface area contributed by atoms with Crippen molar-refractivity contribution < 1.29 is 19.1 Å². The number of likely N-dealkylation sites (N-methyl/N-ethyl adjacent to an activating group) is 1. The van der Waals surface area contributed by atoms with E-state index in [-0.39, 0.29) is 24.2 Å². The molecule has 5 nitrogen and oxygen atoms in total. The average molecular weight is 398 g/mol. The van der Waals surface area contributed by atoms with Gasteiger partial charge in [-0.3, -0.25) is 14.5 Å². The molecule has 1 aliphatic carbocycles. The summed E-state index contributed by atoms with van der Waals surface area (Å²) in [5.74, 6) is -1.83. The molecule has 29 heavy (non-hydrogen) atoms. The Labute approximate surface area is 170 Å². The Bertz CT molecular complexity index is 922. The van der Waals surface area contributed by atoms with Crippen LogP contribution in [0.4, 0.5) is 4.39 Å². The standard InChI is InChI=1S/C23H27FN2O3/c1-4-26(13-22(27)28)19-11-18(12-19)25-23(29)20-8-7-17(10-21(20)24)16-6-5-14(2)15(3)9-16/h5-10,18-19H,4,11-13H2,1-3H3,(H,25,29)(H,27,28). The second-order valence-corrected chi connectivity index (χ2v) is 7.75. The number of hydrogen-bond donors (Lipinski definition) is 2. The molecule has 0 atom stereocenters. The Balaban J connectivity index is 1.62. The zero-order chi connectivity index (χ0) is 21.1. The van der Waals surface area contributed by atoms with Gasteiger partial charge in [0.1, 0.15) is 5.82 Å². The minimum absolute atomic E-state index is 0.00356. The van der Waals surface area contributed by atoms with E-state index >= 15 is 0 Å². The van der Waals surface area contributed by atoms with E-state index in [1.54, 1.807) is 6.07 Å². The summed E-state index contributed by atoms with van der Waals surface area (Å²) in [5, 5.41) is 11.8. The lowest BCUT2D eigenvalue weighted by molar-refractivity contribution is -0.139. The number of nitrogens with one attached hydrogen (secondary N) is 1. The van der Waals surface area contributed by atoms with Gasteiger partial charge in [-0.1, -0.05) is 31.2 Å². The van der Waals surface area contributed by atoms with Crippen LogP contribution in [0.5, 0.6) is 0 Å². The second kappa shape index (κ2) is 8.74. The molecule has 3 rings (SSSR count). The highest BCUT2D eigenvalue weighted by Crippen LogP contribution is 2.27. The van der Waals surface area contributed by atoms with Gasteiger partial charge in [-0.2, -0.15) is 0 Å². The molecule has 0 aliphatic heterocycles. The molecular weight excluding hydrogens is 371 g/mol. The Kier molecular flexibility index (Phi) is 6.33. The Morgan fingerprint density at radius 3 is 2.34 bits per heavy atom. The average Bonchev–Trinajstić information content (AvgIpc) is 2.64. The van der Waals surface area contributed by atoms with Crippen molar-refractivity contribution in [2.24, 2.45) is 0 Å². The number of carbonyl (C=O) groups excluding carboxylic acids is 1. The quantitative estimate of drug-likeness (QED) is 0.745. The number of aliphatic carboxylic acids is 1. The molecule has 1 aliphatic rings. The van der Waals surface area contributed by atoms with Gasteiger partial charge < -0.3 is 10.4 Å². The van der Waals surface area contributed by atoms with Gasteiger partial charge in [-0.05, 0) is 67.6 Å². The predicted molar refractivity (Wildman–Crippen MR) is 110 cm³/mol. The van der Waals surface area contributed by atoms with E-state index in [2.05, 4.69) is 5.32 Å². The molecule has 0 saturated heterocycles. The molecule has 2 aromatic rings. The maximum atomic E-state index is 14.6. The van der Waals surface area contributed by atoms with Gasteiger partial charge in [-0.25, -0.2) is 4.39 Å². The van der Waals surface area contributed by atoms with Crippen molar-refractivity contribution in [3.05, 3.63) is 58.9 Å². The Hall–Kier alpha value is -2.73. The van der Waals surface area contributed by atoms with Crippen molar-refractivity contribution in [3.8, 4) is 11.1 Å². The number of rotatable bonds is 7. The summed E-state index contributed by atoms with van der Waals surface area (Å²) in [4.78, 5) is 25.3. The first-order valence-corrected chi connectivity index (χ1v) is 9.92. The number of amides is 1. The molecule has 0 aromatic heterocycles. The topological polar surface area (TPSA) is 69.6 Å². The lowest BCUT2D eigenvalue weighted by Gasteiger charge is -2.42. The summed E-state index contributed by atoms with van der Waals surface area (Å²) in [6, 6.07) is 10.7. The Morgan fingerprint density at radius 1 is 1.10 bits per heavy atom. The van der Waals surface area contributed by atoms with Crippen LogP contribution in [0.25, 0.3) is 11.1 Å². The summed E-state index contributed by atoms with van der Waals surface area (Å²) in [6.45, 7) is 6.60. The van der Waals surface area contributed by atoms with Crippen LogP contribution in [0.1, 0.15) is 41.3 Å². The summed E-state index contributed by atoms with van der Waals surface area (Å²) in [6.07, 6.45) is 1.35. The van der Waals surface area contributed by atoms with E-state index in [0.717, 1.165) is 16.7 Å².